The van der Waals surface area contributed by atoms with Crippen LogP contribution in [0.25, 0.3) is 0 Å². The maximum atomic E-state index is 13.1. The fraction of sp³-hybridized carbons (Fsp3) is 0.182. The minimum atomic E-state index is -1.46. The number of rotatable bonds is 10. The smallest absolute Gasteiger partial charge is 0.205 e. The Kier molecular flexibility index (Phi) is 10.4. The SMILES string of the molecule is CCCCC(OC)(C(=O)c1ccccc1)C(=O)c1ccccc1.O=C(c1ccccc1)c1cc(O)c(O)c(O)c1O. The van der Waals surface area contributed by atoms with Crippen LogP contribution in [0.3, 0.4) is 0 Å². The molecule has 0 spiro atoms. The number of hydrogen-bond donors (Lipinski definition) is 4. The number of unbranched alkanes of at least 4 members (excludes halogenated alkanes) is 1. The van der Waals surface area contributed by atoms with Gasteiger partial charge in [-0.3, -0.25) is 14.4 Å². The van der Waals surface area contributed by atoms with Gasteiger partial charge in [-0.15, -0.1) is 0 Å². The highest BCUT2D eigenvalue weighted by Crippen LogP contribution is 2.44. The molecular weight excluding hydrogens is 524 g/mol. The van der Waals surface area contributed by atoms with Crippen LogP contribution in [0, 0.1) is 0 Å². The van der Waals surface area contributed by atoms with E-state index in [0.29, 0.717) is 17.5 Å². The average molecular weight is 557 g/mol. The molecule has 0 saturated carbocycles. The standard InChI is InChI=1S/C20H22O3.C13H10O5/c1-3-4-15-20(23-2,18(21)16-11-7-5-8-12-16)19(22)17-13-9-6-10-14-17;14-9-6-8(11(16)13(18)12(9)17)10(15)7-4-2-1-3-5-7/h5-14H,3-4,15H2,1-2H3;1-6,14,16-18H. The van der Waals surface area contributed by atoms with Crippen molar-refractivity contribution in [3.8, 4) is 23.0 Å². The van der Waals surface area contributed by atoms with Crippen molar-refractivity contribution in [3.05, 3.63) is 119 Å². The molecule has 0 aliphatic heterocycles. The topological polar surface area (TPSA) is 141 Å². The van der Waals surface area contributed by atoms with Gasteiger partial charge in [-0.2, -0.15) is 0 Å². The summed E-state index contributed by atoms with van der Waals surface area (Å²) in [5, 5.41) is 37.5. The van der Waals surface area contributed by atoms with Crippen molar-refractivity contribution >= 4 is 17.3 Å². The van der Waals surface area contributed by atoms with Crippen LogP contribution in [0.15, 0.2) is 97.1 Å². The Morgan fingerprint density at radius 1 is 0.659 bits per heavy atom. The van der Waals surface area contributed by atoms with E-state index in [0.717, 1.165) is 18.9 Å². The van der Waals surface area contributed by atoms with Crippen molar-refractivity contribution < 1.29 is 39.5 Å². The number of phenolic OH excluding ortho intramolecular Hbond substituents is 4. The highest BCUT2D eigenvalue weighted by Gasteiger charge is 2.46. The van der Waals surface area contributed by atoms with E-state index in [2.05, 4.69) is 0 Å². The summed E-state index contributed by atoms with van der Waals surface area (Å²) in [5.74, 6) is -4.35. The molecule has 0 aliphatic carbocycles. The molecule has 212 valence electrons. The number of carbonyl (C=O) groups excluding carboxylic acids is 3. The Hall–Kier alpha value is -4.95. The third-order valence-electron chi connectivity index (χ3n) is 6.54. The van der Waals surface area contributed by atoms with Crippen LogP contribution in [-0.4, -0.2) is 50.5 Å². The zero-order valence-electron chi connectivity index (χ0n) is 22.8. The minimum absolute atomic E-state index is 0.275. The molecule has 41 heavy (non-hydrogen) atoms. The Morgan fingerprint density at radius 2 is 1.10 bits per heavy atom. The van der Waals surface area contributed by atoms with Gasteiger partial charge in [0.15, 0.2) is 22.9 Å². The van der Waals surface area contributed by atoms with Crippen molar-refractivity contribution in [1.82, 2.24) is 0 Å². The molecule has 0 fully saturated rings. The van der Waals surface area contributed by atoms with E-state index in [1.807, 2.05) is 19.1 Å². The largest absolute Gasteiger partial charge is 0.504 e. The number of methoxy groups -OCH3 is 1. The van der Waals surface area contributed by atoms with Gasteiger partial charge in [0.2, 0.25) is 23.1 Å². The fourth-order valence-electron chi connectivity index (χ4n) is 4.24. The molecule has 8 nitrogen and oxygen atoms in total. The molecule has 0 aliphatic rings. The molecule has 4 aromatic carbocycles. The summed E-state index contributed by atoms with van der Waals surface area (Å²) in [5.41, 5.74) is -0.464. The third kappa shape index (κ3) is 6.80. The van der Waals surface area contributed by atoms with Crippen LogP contribution in [0.2, 0.25) is 0 Å². The fourth-order valence-corrected chi connectivity index (χ4v) is 4.24. The number of aromatic hydroxyl groups is 4. The van der Waals surface area contributed by atoms with Crippen molar-refractivity contribution in [2.75, 3.05) is 7.11 Å². The summed E-state index contributed by atoms with van der Waals surface area (Å²) < 4.78 is 5.57. The maximum Gasteiger partial charge on any atom is 0.205 e. The van der Waals surface area contributed by atoms with Crippen LogP contribution in [-0.2, 0) is 4.74 Å². The van der Waals surface area contributed by atoms with Gasteiger partial charge in [0, 0.05) is 23.8 Å². The molecule has 0 unspecified atom stereocenters. The molecule has 0 saturated heterocycles. The van der Waals surface area contributed by atoms with Gasteiger partial charge in [0.1, 0.15) is 0 Å². The van der Waals surface area contributed by atoms with Gasteiger partial charge < -0.3 is 25.2 Å². The van der Waals surface area contributed by atoms with Gasteiger partial charge in [-0.25, -0.2) is 0 Å². The number of phenols is 4. The van der Waals surface area contributed by atoms with Crippen molar-refractivity contribution in [1.29, 1.82) is 0 Å². The van der Waals surface area contributed by atoms with Crippen molar-refractivity contribution in [2.24, 2.45) is 0 Å². The van der Waals surface area contributed by atoms with E-state index in [9.17, 15) is 34.8 Å². The van der Waals surface area contributed by atoms with Crippen LogP contribution in [0.4, 0.5) is 0 Å². The Bertz CT molecular complexity index is 1430. The van der Waals surface area contributed by atoms with E-state index in [-0.39, 0.29) is 22.7 Å². The molecule has 0 atom stereocenters. The molecule has 0 bridgehead atoms. The number of benzene rings is 4. The molecule has 4 aromatic rings. The Labute approximate surface area is 238 Å². The minimum Gasteiger partial charge on any atom is -0.504 e. The van der Waals surface area contributed by atoms with Crippen LogP contribution < -0.4 is 0 Å². The van der Waals surface area contributed by atoms with E-state index in [1.54, 1.807) is 66.7 Å². The second-order valence-corrected chi connectivity index (χ2v) is 9.21. The molecule has 0 radical (unpaired) electrons. The summed E-state index contributed by atoms with van der Waals surface area (Å²) in [6, 6.07) is 26.7. The zero-order chi connectivity index (χ0) is 30.0. The lowest BCUT2D eigenvalue weighted by atomic mass is 9.81. The summed E-state index contributed by atoms with van der Waals surface area (Å²) in [6.45, 7) is 2.03. The number of Topliss-reactive ketones (excluding diaryl/α,β-unsaturated/α-hetero) is 2. The second kappa shape index (κ2) is 13.9. The zero-order valence-corrected chi connectivity index (χ0v) is 22.8. The first-order chi connectivity index (χ1) is 19.7. The first-order valence-corrected chi connectivity index (χ1v) is 13.0. The lowest BCUT2D eigenvalue weighted by molar-refractivity contribution is 0.00383. The number of hydrogen-bond acceptors (Lipinski definition) is 8. The molecule has 0 amide bonds. The summed E-state index contributed by atoms with van der Waals surface area (Å²) in [4.78, 5) is 38.2. The highest BCUT2D eigenvalue weighted by atomic mass is 16.5. The van der Waals surface area contributed by atoms with Crippen molar-refractivity contribution in [2.45, 2.75) is 31.8 Å². The van der Waals surface area contributed by atoms with E-state index >= 15 is 0 Å². The predicted octanol–water partition coefficient (Wildman–Crippen LogP) is 6.07. The van der Waals surface area contributed by atoms with Crippen LogP contribution in [0.5, 0.6) is 23.0 Å². The van der Waals surface area contributed by atoms with Gasteiger partial charge >= 0.3 is 0 Å². The number of ketones is 3. The van der Waals surface area contributed by atoms with Crippen LogP contribution in [0.1, 0.15) is 62.8 Å². The van der Waals surface area contributed by atoms with Crippen LogP contribution >= 0.6 is 0 Å². The Balaban J connectivity index is 0.000000232. The second-order valence-electron chi connectivity index (χ2n) is 9.21. The lowest BCUT2D eigenvalue weighted by Gasteiger charge is -2.29. The van der Waals surface area contributed by atoms with E-state index in [4.69, 9.17) is 4.74 Å². The van der Waals surface area contributed by atoms with Crippen molar-refractivity contribution in [3.63, 3.8) is 0 Å². The lowest BCUT2D eigenvalue weighted by Crippen LogP contribution is -2.48. The first-order valence-electron chi connectivity index (χ1n) is 13.0. The molecule has 4 N–H and O–H groups in total. The molecule has 4 rings (SSSR count). The summed E-state index contributed by atoms with van der Waals surface area (Å²) in [7, 11) is 1.44. The van der Waals surface area contributed by atoms with E-state index < -0.39 is 34.4 Å². The van der Waals surface area contributed by atoms with Gasteiger partial charge in [-0.1, -0.05) is 104 Å². The maximum absolute atomic E-state index is 13.1. The predicted molar refractivity (Wildman–Crippen MR) is 154 cm³/mol. The Morgan fingerprint density at radius 3 is 1.51 bits per heavy atom. The number of carbonyl (C=O) groups is 3. The van der Waals surface area contributed by atoms with Gasteiger partial charge in [0.05, 0.1) is 5.56 Å². The highest BCUT2D eigenvalue weighted by molar-refractivity contribution is 6.22. The molecule has 8 heteroatoms. The van der Waals surface area contributed by atoms with Gasteiger partial charge in [-0.05, 0) is 18.9 Å². The summed E-state index contributed by atoms with van der Waals surface area (Å²) >= 11 is 0. The van der Waals surface area contributed by atoms with Gasteiger partial charge in [0.25, 0.3) is 0 Å². The molecule has 0 aromatic heterocycles. The molecular formula is C33H32O8. The number of ether oxygens (including phenoxy) is 1. The third-order valence-corrected chi connectivity index (χ3v) is 6.54. The summed E-state index contributed by atoms with van der Waals surface area (Å²) in [6.07, 6.45) is 2.00. The van der Waals surface area contributed by atoms with E-state index in [1.165, 1.54) is 19.2 Å². The monoisotopic (exact) mass is 556 g/mol. The normalized spacial score (nSPS) is 10.8. The molecule has 0 heterocycles. The quantitative estimate of drug-likeness (QED) is 0.0798. The average Bonchev–Trinajstić information content (AvgIpc) is 3.03. The first kappa shape index (κ1) is 30.6.